The van der Waals surface area contributed by atoms with Crippen LogP contribution < -0.4 is 45.2 Å². The third-order valence-corrected chi connectivity index (χ3v) is 9.35. The zero-order valence-corrected chi connectivity index (χ0v) is 17.8. The maximum atomic E-state index is 11.6. The largest absolute Gasteiger partial charge is 1.00 e. The number of benzene rings is 3. The number of carbonyl (C=O) groups excluding carboxylic acids is 1. The second-order valence-corrected chi connectivity index (χ2v) is 9.97. The van der Waals surface area contributed by atoms with Crippen molar-refractivity contribution in [3.8, 4) is 0 Å². The van der Waals surface area contributed by atoms with Crippen molar-refractivity contribution in [1.29, 1.82) is 0 Å². The maximum Gasteiger partial charge on any atom is 0.407 e. The fourth-order valence-corrected chi connectivity index (χ4v) is 8.09. The number of nitrogens with one attached hydrogen (secondary N) is 1. The average Bonchev–Trinajstić information content (AvgIpc) is 3.13. The molecule has 0 unspecified atom stereocenters. The van der Waals surface area contributed by atoms with Crippen LogP contribution in [0.5, 0.6) is 0 Å². The summed E-state index contributed by atoms with van der Waals surface area (Å²) in [4.78, 5) is 11.6. The first-order valence-corrected chi connectivity index (χ1v) is 10.7. The Hall–Kier alpha value is -1.91. The highest BCUT2D eigenvalue weighted by Crippen LogP contribution is 2.55. The van der Waals surface area contributed by atoms with E-state index in [0.717, 1.165) is 6.16 Å². The summed E-state index contributed by atoms with van der Waals surface area (Å²) in [6.07, 6.45) is 0.527. The van der Waals surface area contributed by atoms with Crippen LogP contribution in [0.1, 0.15) is 0 Å². The van der Waals surface area contributed by atoms with Crippen molar-refractivity contribution in [3.63, 3.8) is 0 Å². The molecule has 0 spiro atoms. The molecule has 0 aromatic heterocycles. The van der Waals surface area contributed by atoms with Crippen LogP contribution >= 0.6 is 7.26 Å². The molecule has 1 amide bonds. The first-order valence-electron chi connectivity index (χ1n) is 8.77. The lowest BCUT2D eigenvalue weighted by atomic mass is 10.3. The monoisotopic (exact) mass is 489 g/mol. The quantitative estimate of drug-likeness (QED) is 0.408. The molecule has 0 bridgehead atoms. The molecule has 4 rings (SSSR count). The van der Waals surface area contributed by atoms with Crippen LogP contribution in [0.2, 0.25) is 0 Å². The maximum absolute atomic E-state index is 11.6. The van der Waals surface area contributed by atoms with Crippen LogP contribution in [0, 0.1) is 0 Å². The van der Waals surface area contributed by atoms with Crippen molar-refractivity contribution in [2.24, 2.45) is 0 Å². The molecule has 138 valence electrons. The number of halogens is 1. The second-order valence-electron chi connectivity index (χ2n) is 6.44. The Labute approximate surface area is 177 Å². The molecule has 5 heteroatoms. The Bertz CT molecular complexity index is 778. The third-order valence-electron chi connectivity index (χ3n) is 4.82. The normalized spacial score (nSPS) is 16.1. The highest BCUT2D eigenvalue weighted by atomic mass is 127. The van der Waals surface area contributed by atoms with E-state index in [-0.39, 0.29) is 36.1 Å². The van der Waals surface area contributed by atoms with E-state index < -0.39 is 7.26 Å². The molecular formula is C22H21INO2P. The number of alkyl carbamates (subject to hydrolysis) is 1. The summed E-state index contributed by atoms with van der Waals surface area (Å²) in [6, 6.07) is 32.0. The minimum absolute atomic E-state index is 0. The van der Waals surface area contributed by atoms with Crippen LogP contribution in [0.3, 0.4) is 0 Å². The fourth-order valence-electron chi connectivity index (χ4n) is 3.67. The van der Waals surface area contributed by atoms with Crippen molar-refractivity contribution < 1.29 is 33.5 Å². The van der Waals surface area contributed by atoms with E-state index >= 15 is 0 Å². The Morgan fingerprint density at radius 1 is 0.778 bits per heavy atom. The van der Waals surface area contributed by atoms with Gasteiger partial charge in [0, 0.05) is 0 Å². The molecule has 1 atom stereocenters. The Kier molecular flexibility index (Phi) is 6.51. The van der Waals surface area contributed by atoms with Crippen LogP contribution in [0.25, 0.3) is 0 Å². The summed E-state index contributed by atoms with van der Waals surface area (Å²) >= 11 is 0. The topological polar surface area (TPSA) is 38.3 Å². The van der Waals surface area contributed by atoms with Crippen molar-refractivity contribution >= 4 is 29.3 Å². The van der Waals surface area contributed by atoms with Gasteiger partial charge in [-0.25, -0.2) is 4.79 Å². The van der Waals surface area contributed by atoms with Crippen LogP contribution in [-0.2, 0) is 4.74 Å². The minimum Gasteiger partial charge on any atom is -1.00 e. The minimum atomic E-state index is -1.92. The van der Waals surface area contributed by atoms with Gasteiger partial charge in [-0.1, -0.05) is 54.6 Å². The molecule has 1 saturated heterocycles. The summed E-state index contributed by atoms with van der Waals surface area (Å²) in [5.41, 5.74) is 0. The van der Waals surface area contributed by atoms with Crippen LogP contribution in [0.4, 0.5) is 4.79 Å². The lowest BCUT2D eigenvalue weighted by molar-refractivity contribution is -0.0000103. The highest BCUT2D eigenvalue weighted by molar-refractivity contribution is 7.95. The van der Waals surface area contributed by atoms with Crippen molar-refractivity contribution in [2.45, 2.75) is 6.04 Å². The number of hydrogen-bond acceptors (Lipinski definition) is 2. The summed E-state index contributed by atoms with van der Waals surface area (Å²) < 4.78 is 5.19. The van der Waals surface area contributed by atoms with Gasteiger partial charge in [-0.3, -0.25) is 0 Å². The standard InChI is InChI=1S/C22H20NO2P.HI/c24-22-23-18(16-25-22)17-26(19-10-4-1-5-11-19,20-12-6-2-7-13-20)21-14-8-3-9-15-21;/h1-15,18H,16-17H2;1H/t18-;/m1./s1. The van der Waals surface area contributed by atoms with Gasteiger partial charge in [0.15, 0.2) is 0 Å². The third kappa shape index (κ3) is 4.02. The molecule has 1 aliphatic heterocycles. The Balaban J connectivity index is 0.00000210. The van der Waals surface area contributed by atoms with E-state index in [1.165, 1.54) is 15.9 Å². The zero-order valence-electron chi connectivity index (χ0n) is 14.8. The lowest BCUT2D eigenvalue weighted by Crippen LogP contribution is -3.00. The van der Waals surface area contributed by atoms with Crippen molar-refractivity contribution in [3.05, 3.63) is 91.0 Å². The molecular weight excluding hydrogens is 468 g/mol. The first kappa shape index (κ1) is 19.8. The summed E-state index contributed by atoms with van der Waals surface area (Å²) in [5.74, 6) is 0. The van der Waals surface area contributed by atoms with Crippen molar-refractivity contribution in [2.75, 3.05) is 12.8 Å². The molecule has 3 nitrogen and oxygen atoms in total. The van der Waals surface area contributed by atoms with E-state index in [2.05, 4.69) is 96.3 Å². The fraction of sp³-hybridized carbons (Fsp3) is 0.136. The molecule has 3 aromatic rings. The van der Waals surface area contributed by atoms with E-state index in [1.54, 1.807) is 0 Å². The predicted octanol–water partition coefficient (Wildman–Crippen LogP) is 0.0929. The van der Waals surface area contributed by atoms with E-state index in [9.17, 15) is 4.79 Å². The number of amides is 1. The van der Waals surface area contributed by atoms with E-state index in [4.69, 9.17) is 4.74 Å². The molecule has 0 aliphatic carbocycles. The SMILES string of the molecule is O=C1N[C@@H](C[P+](c2ccccc2)(c2ccccc2)c2ccccc2)CO1.[I-]. The van der Waals surface area contributed by atoms with Gasteiger partial charge in [-0.2, -0.15) is 0 Å². The number of carbonyl (C=O) groups is 1. The average molecular weight is 489 g/mol. The van der Waals surface area contributed by atoms with Crippen LogP contribution in [0.15, 0.2) is 91.0 Å². The summed E-state index contributed by atoms with van der Waals surface area (Å²) in [5, 5.41) is 6.94. The van der Waals surface area contributed by atoms with Gasteiger partial charge in [0.05, 0.1) is 6.16 Å². The Morgan fingerprint density at radius 2 is 1.19 bits per heavy atom. The molecule has 1 aliphatic rings. The zero-order chi connectivity index (χ0) is 17.8. The van der Waals surface area contributed by atoms with Crippen LogP contribution in [-0.4, -0.2) is 24.9 Å². The summed E-state index contributed by atoms with van der Waals surface area (Å²) in [6.45, 7) is 0.424. The summed E-state index contributed by atoms with van der Waals surface area (Å²) in [7, 11) is -1.92. The number of rotatable bonds is 5. The van der Waals surface area contributed by atoms with Crippen molar-refractivity contribution in [1.82, 2.24) is 5.32 Å². The second kappa shape index (κ2) is 8.85. The van der Waals surface area contributed by atoms with Gasteiger partial charge in [0.2, 0.25) is 0 Å². The molecule has 0 radical (unpaired) electrons. The molecule has 1 heterocycles. The predicted molar refractivity (Wildman–Crippen MR) is 108 cm³/mol. The van der Waals surface area contributed by atoms with Gasteiger partial charge < -0.3 is 34.0 Å². The van der Waals surface area contributed by atoms with Gasteiger partial charge in [0.25, 0.3) is 0 Å². The molecule has 27 heavy (non-hydrogen) atoms. The molecule has 1 fully saturated rings. The lowest BCUT2D eigenvalue weighted by Gasteiger charge is -2.29. The number of hydrogen-bond donors (Lipinski definition) is 1. The first-order chi connectivity index (χ1) is 12.8. The van der Waals surface area contributed by atoms with Gasteiger partial charge >= 0.3 is 6.09 Å². The molecule has 1 N–H and O–H groups in total. The van der Waals surface area contributed by atoms with Gasteiger partial charge in [0.1, 0.15) is 35.8 Å². The smallest absolute Gasteiger partial charge is 0.407 e. The Morgan fingerprint density at radius 3 is 1.52 bits per heavy atom. The molecule has 3 aromatic carbocycles. The van der Waals surface area contributed by atoms with Gasteiger partial charge in [-0.05, 0) is 36.4 Å². The molecule has 0 saturated carbocycles. The van der Waals surface area contributed by atoms with E-state index in [0.29, 0.717) is 6.61 Å². The number of ether oxygens (including phenoxy) is 1. The highest BCUT2D eigenvalue weighted by Gasteiger charge is 2.48. The van der Waals surface area contributed by atoms with Gasteiger partial charge in [-0.15, -0.1) is 0 Å². The van der Waals surface area contributed by atoms with E-state index in [1.807, 2.05) is 0 Å². The number of cyclic esters (lactones) is 1.